The van der Waals surface area contributed by atoms with Crippen molar-refractivity contribution >= 4 is 22.8 Å². The monoisotopic (exact) mass is 409 g/mol. The van der Waals surface area contributed by atoms with Crippen LogP contribution >= 0.6 is 0 Å². The van der Waals surface area contributed by atoms with Crippen molar-refractivity contribution in [3.63, 3.8) is 0 Å². The second-order valence-electron chi connectivity index (χ2n) is 6.69. The van der Waals surface area contributed by atoms with Crippen molar-refractivity contribution in [1.82, 2.24) is 15.3 Å². The minimum Gasteiger partial charge on any atom is -0.496 e. The SMILES string of the molecule is COc1ccccc1CNC(=O)[C@H](C)OC(=O)CCc1nc2ccccc2c(=O)[nH]1. The number of nitrogens with zero attached hydrogens (tertiary/aromatic N) is 1. The van der Waals surface area contributed by atoms with Gasteiger partial charge in [-0.05, 0) is 25.1 Å². The summed E-state index contributed by atoms with van der Waals surface area (Å²) in [6.45, 7) is 1.76. The van der Waals surface area contributed by atoms with Crippen molar-refractivity contribution in [1.29, 1.82) is 0 Å². The molecule has 30 heavy (non-hydrogen) atoms. The summed E-state index contributed by atoms with van der Waals surface area (Å²) in [6, 6.07) is 14.3. The van der Waals surface area contributed by atoms with E-state index in [1.807, 2.05) is 18.2 Å². The third-order valence-electron chi connectivity index (χ3n) is 4.55. The molecule has 8 nitrogen and oxygen atoms in total. The summed E-state index contributed by atoms with van der Waals surface area (Å²) in [6.07, 6.45) is -0.754. The Bertz CT molecular complexity index is 1110. The largest absolute Gasteiger partial charge is 0.496 e. The fourth-order valence-electron chi connectivity index (χ4n) is 2.96. The highest BCUT2D eigenvalue weighted by atomic mass is 16.5. The lowest BCUT2D eigenvalue weighted by atomic mass is 10.2. The molecule has 0 unspecified atom stereocenters. The summed E-state index contributed by atoms with van der Waals surface area (Å²) in [5.74, 6) is 0.0977. The molecule has 2 aromatic carbocycles. The maximum absolute atomic E-state index is 12.2. The van der Waals surface area contributed by atoms with Gasteiger partial charge in [0.25, 0.3) is 11.5 Å². The van der Waals surface area contributed by atoms with Crippen LogP contribution in [0.4, 0.5) is 0 Å². The van der Waals surface area contributed by atoms with Crippen molar-refractivity contribution in [2.45, 2.75) is 32.4 Å². The number of amides is 1. The van der Waals surface area contributed by atoms with Crippen LogP contribution in [0.5, 0.6) is 5.75 Å². The number of carbonyl (C=O) groups is 2. The number of ether oxygens (including phenoxy) is 2. The topological polar surface area (TPSA) is 110 Å². The quantitative estimate of drug-likeness (QED) is 0.552. The number of hydrogen-bond donors (Lipinski definition) is 2. The van der Waals surface area contributed by atoms with E-state index in [9.17, 15) is 14.4 Å². The first-order valence-electron chi connectivity index (χ1n) is 9.55. The van der Waals surface area contributed by atoms with Crippen molar-refractivity contribution in [2.24, 2.45) is 0 Å². The Hall–Kier alpha value is -3.68. The lowest BCUT2D eigenvalue weighted by Gasteiger charge is -2.14. The molecule has 1 amide bonds. The molecule has 1 aromatic heterocycles. The van der Waals surface area contributed by atoms with Gasteiger partial charge in [0.15, 0.2) is 6.10 Å². The fourth-order valence-corrected chi connectivity index (χ4v) is 2.96. The molecule has 0 aliphatic carbocycles. The molecule has 0 aliphatic heterocycles. The van der Waals surface area contributed by atoms with E-state index >= 15 is 0 Å². The number of para-hydroxylation sites is 2. The lowest BCUT2D eigenvalue weighted by Crippen LogP contribution is -2.35. The molecule has 0 aliphatic rings. The summed E-state index contributed by atoms with van der Waals surface area (Å²) in [4.78, 5) is 43.4. The minimum absolute atomic E-state index is 0.00852. The molecule has 1 heterocycles. The average Bonchev–Trinajstić information content (AvgIpc) is 2.76. The maximum atomic E-state index is 12.2. The molecule has 156 valence electrons. The summed E-state index contributed by atoms with van der Waals surface area (Å²) >= 11 is 0. The number of aryl methyl sites for hydroxylation is 1. The Balaban J connectivity index is 1.50. The molecule has 0 bridgehead atoms. The van der Waals surface area contributed by atoms with Gasteiger partial charge in [0.1, 0.15) is 11.6 Å². The van der Waals surface area contributed by atoms with E-state index in [2.05, 4.69) is 15.3 Å². The number of nitrogens with one attached hydrogen (secondary N) is 2. The molecule has 3 aromatic rings. The molecular weight excluding hydrogens is 386 g/mol. The highest BCUT2D eigenvalue weighted by Gasteiger charge is 2.18. The fraction of sp³-hybridized carbons (Fsp3) is 0.273. The molecule has 0 spiro atoms. The predicted molar refractivity (Wildman–Crippen MR) is 111 cm³/mol. The van der Waals surface area contributed by atoms with Crippen molar-refractivity contribution < 1.29 is 19.1 Å². The van der Waals surface area contributed by atoms with E-state index in [1.54, 1.807) is 37.4 Å². The van der Waals surface area contributed by atoms with Gasteiger partial charge in [-0.15, -0.1) is 0 Å². The zero-order valence-corrected chi connectivity index (χ0v) is 16.8. The van der Waals surface area contributed by atoms with Gasteiger partial charge >= 0.3 is 5.97 Å². The molecular formula is C22H23N3O5. The summed E-state index contributed by atoms with van der Waals surface area (Å²) < 4.78 is 10.4. The van der Waals surface area contributed by atoms with Gasteiger partial charge in [-0.25, -0.2) is 4.98 Å². The van der Waals surface area contributed by atoms with Crippen LogP contribution in [-0.2, 0) is 27.3 Å². The Morgan fingerprint density at radius 1 is 1.13 bits per heavy atom. The van der Waals surface area contributed by atoms with E-state index in [0.717, 1.165) is 5.56 Å². The molecule has 2 N–H and O–H groups in total. The van der Waals surface area contributed by atoms with Crippen LogP contribution in [0.25, 0.3) is 10.9 Å². The predicted octanol–water partition coefficient (Wildman–Crippen LogP) is 2.11. The minimum atomic E-state index is -0.948. The first-order valence-corrected chi connectivity index (χ1v) is 9.55. The molecule has 3 rings (SSSR count). The number of aromatic amines is 1. The smallest absolute Gasteiger partial charge is 0.307 e. The van der Waals surface area contributed by atoms with Crippen LogP contribution in [0.3, 0.4) is 0 Å². The van der Waals surface area contributed by atoms with E-state index < -0.39 is 18.0 Å². The van der Waals surface area contributed by atoms with Crippen LogP contribution in [-0.4, -0.2) is 35.1 Å². The molecule has 1 atom stereocenters. The molecule has 0 saturated heterocycles. The number of methoxy groups -OCH3 is 1. The van der Waals surface area contributed by atoms with Crippen molar-refractivity contribution in [2.75, 3.05) is 7.11 Å². The van der Waals surface area contributed by atoms with Crippen LogP contribution in [0.15, 0.2) is 53.3 Å². The number of fused-ring (bicyclic) bond motifs is 1. The second-order valence-corrected chi connectivity index (χ2v) is 6.69. The molecule has 0 radical (unpaired) electrons. The Kier molecular flexibility index (Phi) is 6.79. The summed E-state index contributed by atoms with van der Waals surface area (Å²) in [7, 11) is 1.56. The summed E-state index contributed by atoms with van der Waals surface area (Å²) in [5, 5.41) is 3.21. The van der Waals surface area contributed by atoms with Crippen LogP contribution in [0, 0.1) is 0 Å². The molecule has 0 fully saturated rings. The first kappa shape index (κ1) is 21.0. The van der Waals surface area contributed by atoms with E-state index in [-0.39, 0.29) is 24.9 Å². The standard InChI is InChI=1S/C22H23N3O5/c1-14(21(27)23-13-15-7-3-6-10-18(15)29-2)30-20(26)12-11-19-24-17-9-5-4-8-16(17)22(28)25-19/h3-10,14H,11-13H2,1-2H3,(H,23,27)(H,24,25,28)/t14-/m0/s1. The maximum Gasteiger partial charge on any atom is 0.307 e. The highest BCUT2D eigenvalue weighted by molar-refractivity contribution is 5.83. The zero-order valence-electron chi connectivity index (χ0n) is 16.8. The number of benzene rings is 2. The van der Waals surface area contributed by atoms with Gasteiger partial charge in [0, 0.05) is 18.5 Å². The third-order valence-corrected chi connectivity index (χ3v) is 4.55. The van der Waals surface area contributed by atoms with Crippen LogP contribution in [0.2, 0.25) is 0 Å². The van der Waals surface area contributed by atoms with Crippen molar-refractivity contribution in [3.05, 3.63) is 70.3 Å². The normalized spacial score (nSPS) is 11.7. The van der Waals surface area contributed by atoms with Gasteiger partial charge in [-0.3, -0.25) is 14.4 Å². The number of esters is 1. The van der Waals surface area contributed by atoms with Crippen LogP contribution < -0.4 is 15.6 Å². The number of carbonyl (C=O) groups excluding carboxylic acids is 2. The second kappa shape index (κ2) is 9.69. The Morgan fingerprint density at radius 3 is 2.67 bits per heavy atom. The number of rotatable bonds is 8. The Labute approximate surface area is 173 Å². The number of H-pyrrole nitrogens is 1. The Morgan fingerprint density at radius 2 is 1.87 bits per heavy atom. The highest BCUT2D eigenvalue weighted by Crippen LogP contribution is 2.16. The van der Waals surface area contributed by atoms with Gasteiger partial charge in [-0.2, -0.15) is 0 Å². The van der Waals surface area contributed by atoms with Crippen LogP contribution in [0.1, 0.15) is 24.7 Å². The number of aromatic nitrogens is 2. The molecule has 0 saturated carbocycles. The van der Waals surface area contributed by atoms with E-state index in [4.69, 9.17) is 9.47 Å². The van der Waals surface area contributed by atoms with Gasteiger partial charge in [-0.1, -0.05) is 30.3 Å². The van der Waals surface area contributed by atoms with Gasteiger partial charge in [0.2, 0.25) is 0 Å². The molecule has 8 heteroatoms. The zero-order chi connectivity index (χ0) is 21.5. The van der Waals surface area contributed by atoms with E-state index in [1.165, 1.54) is 6.92 Å². The van der Waals surface area contributed by atoms with E-state index in [0.29, 0.717) is 22.5 Å². The third kappa shape index (κ3) is 5.22. The average molecular weight is 409 g/mol. The number of hydrogen-bond acceptors (Lipinski definition) is 6. The van der Waals surface area contributed by atoms with Gasteiger partial charge < -0.3 is 19.8 Å². The van der Waals surface area contributed by atoms with Gasteiger partial charge in [0.05, 0.1) is 24.4 Å². The first-order chi connectivity index (χ1) is 14.5. The summed E-state index contributed by atoms with van der Waals surface area (Å²) in [5.41, 5.74) is 1.12. The lowest BCUT2D eigenvalue weighted by molar-refractivity contribution is -0.154. The van der Waals surface area contributed by atoms with Crippen molar-refractivity contribution in [3.8, 4) is 5.75 Å².